The molecule has 1 aliphatic carbocycles. The molecule has 0 aliphatic heterocycles. The van der Waals surface area contributed by atoms with Crippen LogP contribution >= 0.6 is 0 Å². The van der Waals surface area contributed by atoms with E-state index in [0.29, 0.717) is 0 Å². The molecule has 3 nitrogen and oxygen atoms in total. The van der Waals surface area contributed by atoms with E-state index in [1.807, 2.05) is 0 Å². The topological polar surface area (TPSA) is 60.2 Å². The highest BCUT2D eigenvalue weighted by atomic mass is 32.2. The lowest BCUT2D eigenvalue weighted by atomic mass is 10.4. The van der Waals surface area contributed by atoms with E-state index in [1.165, 1.54) is 0 Å². The van der Waals surface area contributed by atoms with Crippen molar-refractivity contribution < 1.29 is 8.42 Å². The molecule has 1 fully saturated rings. The van der Waals surface area contributed by atoms with E-state index in [9.17, 15) is 8.42 Å². The first-order chi connectivity index (χ1) is 5.05. The Hall–Kier alpha value is -0.0900. The molecule has 66 valence electrons. The van der Waals surface area contributed by atoms with Crippen LogP contribution in [0.3, 0.4) is 0 Å². The number of sulfone groups is 1. The van der Waals surface area contributed by atoms with Crippen LogP contribution in [-0.4, -0.2) is 19.0 Å². The molecule has 0 amide bonds. The summed E-state index contributed by atoms with van der Waals surface area (Å²) in [5.74, 6) is 0. The Morgan fingerprint density at radius 1 is 1.36 bits per heavy atom. The summed E-state index contributed by atoms with van der Waals surface area (Å²) in [5.41, 5.74) is 5.36. The average Bonchev–Trinajstić information content (AvgIpc) is 2.37. The lowest BCUT2D eigenvalue weighted by Crippen LogP contribution is -2.34. The van der Waals surface area contributed by atoms with Crippen molar-refractivity contribution in [3.63, 3.8) is 0 Å². The molecule has 0 aromatic carbocycles. The molecule has 4 heteroatoms. The fourth-order valence-electron chi connectivity index (χ4n) is 1.52. The maximum atomic E-state index is 11.4. The molecule has 0 aromatic heterocycles. The summed E-state index contributed by atoms with van der Waals surface area (Å²) in [6.07, 6.45) is 3.70. The second-order valence-corrected chi connectivity index (χ2v) is 5.79. The highest BCUT2D eigenvalue weighted by Crippen LogP contribution is 2.25. The minimum Gasteiger partial charge on any atom is -0.315 e. The van der Waals surface area contributed by atoms with Crippen molar-refractivity contribution in [3.8, 4) is 0 Å². The molecule has 0 saturated heterocycles. The lowest BCUT2D eigenvalue weighted by Gasteiger charge is -2.13. The molecule has 1 rings (SSSR count). The second kappa shape index (κ2) is 3.11. The third kappa shape index (κ3) is 1.73. The van der Waals surface area contributed by atoms with Crippen LogP contribution in [0.4, 0.5) is 0 Å². The Morgan fingerprint density at radius 3 is 2.18 bits per heavy atom. The van der Waals surface area contributed by atoms with Crippen molar-refractivity contribution >= 4 is 9.84 Å². The highest BCUT2D eigenvalue weighted by molar-refractivity contribution is 7.92. The Morgan fingerprint density at radius 2 is 1.82 bits per heavy atom. The van der Waals surface area contributed by atoms with E-state index >= 15 is 0 Å². The predicted molar refractivity (Wildman–Crippen MR) is 44.8 cm³/mol. The molecule has 0 aromatic rings. The van der Waals surface area contributed by atoms with Crippen molar-refractivity contribution in [3.05, 3.63) is 0 Å². The van der Waals surface area contributed by atoms with Gasteiger partial charge in [-0.25, -0.2) is 8.42 Å². The summed E-state index contributed by atoms with van der Waals surface area (Å²) in [6, 6.07) is 0. The van der Waals surface area contributed by atoms with Crippen molar-refractivity contribution in [1.29, 1.82) is 0 Å². The van der Waals surface area contributed by atoms with Crippen LogP contribution in [0.1, 0.15) is 32.6 Å². The molecule has 0 heterocycles. The average molecular weight is 177 g/mol. The summed E-state index contributed by atoms with van der Waals surface area (Å²) in [6.45, 7) is 1.55. The highest BCUT2D eigenvalue weighted by Gasteiger charge is 2.31. The third-order valence-electron chi connectivity index (χ3n) is 2.29. The van der Waals surface area contributed by atoms with Gasteiger partial charge in [0.15, 0.2) is 9.84 Å². The van der Waals surface area contributed by atoms with Gasteiger partial charge in [0.05, 0.1) is 5.25 Å². The summed E-state index contributed by atoms with van der Waals surface area (Å²) >= 11 is 0. The molecule has 1 aliphatic rings. The molecule has 1 saturated carbocycles. The van der Waals surface area contributed by atoms with Crippen LogP contribution in [0.2, 0.25) is 0 Å². The number of rotatable bonds is 2. The van der Waals surface area contributed by atoms with Gasteiger partial charge in [0.25, 0.3) is 0 Å². The van der Waals surface area contributed by atoms with Gasteiger partial charge in [0.1, 0.15) is 5.37 Å². The second-order valence-electron chi connectivity index (χ2n) is 3.20. The summed E-state index contributed by atoms with van der Waals surface area (Å²) in [7, 11) is -3.00. The smallest absolute Gasteiger partial charge is 0.168 e. The van der Waals surface area contributed by atoms with Crippen molar-refractivity contribution in [2.45, 2.75) is 43.2 Å². The minimum atomic E-state index is -3.00. The van der Waals surface area contributed by atoms with Crippen molar-refractivity contribution in [1.82, 2.24) is 0 Å². The molecule has 0 radical (unpaired) electrons. The van der Waals surface area contributed by atoms with Gasteiger partial charge in [0, 0.05) is 0 Å². The molecule has 2 N–H and O–H groups in total. The summed E-state index contributed by atoms with van der Waals surface area (Å²) < 4.78 is 22.8. The van der Waals surface area contributed by atoms with Gasteiger partial charge >= 0.3 is 0 Å². The largest absolute Gasteiger partial charge is 0.315 e. The van der Waals surface area contributed by atoms with Gasteiger partial charge in [-0.1, -0.05) is 12.8 Å². The van der Waals surface area contributed by atoms with Gasteiger partial charge in [-0.15, -0.1) is 0 Å². The summed E-state index contributed by atoms with van der Waals surface area (Å²) in [5, 5.41) is -0.840. The van der Waals surface area contributed by atoms with E-state index in [1.54, 1.807) is 6.92 Å². The predicted octanol–water partition coefficient (Wildman–Crippen LogP) is 0.649. The van der Waals surface area contributed by atoms with Gasteiger partial charge in [-0.05, 0) is 19.8 Å². The van der Waals surface area contributed by atoms with Crippen LogP contribution in [0.15, 0.2) is 0 Å². The molecule has 11 heavy (non-hydrogen) atoms. The lowest BCUT2D eigenvalue weighted by molar-refractivity contribution is 0.568. The zero-order valence-corrected chi connectivity index (χ0v) is 7.60. The Labute approximate surface area is 67.9 Å². The Bertz CT molecular complexity index is 215. The minimum absolute atomic E-state index is 0.150. The number of hydrogen-bond donors (Lipinski definition) is 1. The Kier molecular flexibility index (Phi) is 2.54. The molecular weight excluding hydrogens is 162 g/mol. The van der Waals surface area contributed by atoms with Crippen LogP contribution in [0, 0.1) is 0 Å². The van der Waals surface area contributed by atoms with Gasteiger partial charge in [0.2, 0.25) is 0 Å². The molecule has 1 atom stereocenters. The van der Waals surface area contributed by atoms with Crippen molar-refractivity contribution in [2.24, 2.45) is 5.73 Å². The fraction of sp³-hybridized carbons (Fsp3) is 1.00. The number of nitrogens with two attached hydrogens (primary N) is 1. The third-order valence-corrected chi connectivity index (χ3v) is 4.72. The van der Waals surface area contributed by atoms with Crippen LogP contribution < -0.4 is 5.73 Å². The monoisotopic (exact) mass is 177 g/mol. The normalized spacial score (nSPS) is 23.8. The number of hydrogen-bond acceptors (Lipinski definition) is 3. The van der Waals surface area contributed by atoms with E-state index in [-0.39, 0.29) is 5.25 Å². The van der Waals surface area contributed by atoms with E-state index in [0.717, 1.165) is 25.7 Å². The SMILES string of the molecule is CC(N)S(=O)(=O)C1CCCC1. The van der Waals surface area contributed by atoms with Gasteiger partial charge in [-0.2, -0.15) is 0 Å². The van der Waals surface area contributed by atoms with Crippen LogP contribution in [0.5, 0.6) is 0 Å². The standard InChI is InChI=1S/C7H15NO2S/c1-6(8)11(9,10)7-4-2-3-5-7/h6-7H,2-5,8H2,1H3. The van der Waals surface area contributed by atoms with E-state index < -0.39 is 15.2 Å². The maximum absolute atomic E-state index is 11.4. The van der Waals surface area contributed by atoms with E-state index in [2.05, 4.69) is 0 Å². The van der Waals surface area contributed by atoms with Crippen LogP contribution in [-0.2, 0) is 9.84 Å². The maximum Gasteiger partial charge on any atom is 0.168 e. The molecule has 0 spiro atoms. The zero-order chi connectivity index (χ0) is 8.48. The molecule has 0 bridgehead atoms. The van der Waals surface area contributed by atoms with Crippen molar-refractivity contribution in [2.75, 3.05) is 0 Å². The van der Waals surface area contributed by atoms with Crippen LogP contribution in [0.25, 0.3) is 0 Å². The van der Waals surface area contributed by atoms with E-state index in [4.69, 9.17) is 5.73 Å². The first kappa shape index (κ1) is 9.00. The van der Waals surface area contributed by atoms with Gasteiger partial charge < -0.3 is 5.73 Å². The first-order valence-electron chi connectivity index (χ1n) is 4.03. The quantitative estimate of drug-likeness (QED) is 0.673. The fourth-order valence-corrected chi connectivity index (χ4v) is 3.12. The Balaban J connectivity index is 2.72. The van der Waals surface area contributed by atoms with Gasteiger partial charge in [-0.3, -0.25) is 0 Å². The first-order valence-corrected chi connectivity index (χ1v) is 5.64. The molecular formula is C7H15NO2S. The zero-order valence-electron chi connectivity index (χ0n) is 6.79. The summed E-state index contributed by atoms with van der Waals surface area (Å²) in [4.78, 5) is 0. The molecule has 1 unspecified atom stereocenters.